The summed E-state index contributed by atoms with van der Waals surface area (Å²) in [6.07, 6.45) is -4.36. The Balaban J connectivity index is 3.39. The molecule has 1 rings (SSSR count). The van der Waals surface area contributed by atoms with Crippen LogP contribution in [0.15, 0.2) is 6.20 Å². The van der Waals surface area contributed by atoms with Gasteiger partial charge in [-0.15, -0.1) is 13.2 Å². The van der Waals surface area contributed by atoms with Gasteiger partial charge in [-0.05, 0) is 0 Å². The van der Waals surface area contributed by atoms with Gasteiger partial charge in [-0.1, -0.05) is 0 Å². The van der Waals surface area contributed by atoms with E-state index in [-0.39, 0.29) is 11.4 Å². The van der Waals surface area contributed by atoms with E-state index in [0.29, 0.717) is 6.20 Å². The third-order valence-corrected chi connectivity index (χ3v) is 1.81. The molecule has 1 aromatic heterocycles. The zero-order valence-electron chi connectivity index (χ0n) is 8.28. The Morgan fingerprint density at radius 1 is 1.53 bits per heavy atom. The lowest BCUT2D eigenvalue weighted by Gasteiger charge is -2.15. The molecule has 5 N–H and O–H groups in total. The van der Waals surface area contributed by atoms with Crippen molar-refractivity contribution in [2.24, 2.45) is 5.73 Å². The molecule has 0 atom stereocenters. The molecule has 0 spiro atoms. The maximum Gasteiger partial charge on any atom is 0.573 e. The van der Waals surface area contributed by atoms with Crippen molar-refractivity contribution in [2.75, 3.05) is 5.73 Å². The molecule has 0 aromatic carbocycles. The molecule has 0 fully saturated rings. The van der Waals surface area contributed by atoms with E-state index in [4.69, 9.17) is 16.6 Å². The monoisotopic (exact) mass is 251 g/mol. The fourth-order valence-corrected chi connectivity index (χ4v) is 1.13. The number of nitrogen functional groups attached to an aromatic ring is 1. The number of hydrogen-bond donors (Lipinski definition) is 3. The predicted octanol–water partition coefficient (Wildman–Crippen LogP) is 0.719. The van der Waals surface area contributed by atoms with Crippen LogP contribution in [0, 0.1) is 0 Å². The molecule has 17 heavy (non-hydrogen) atoms. The number of halogens is 3. The SMILES string of the molecule is NCc1c(N)ncc(C(=O)O)c1OC(F)(F)F. The number of aromatic nitrogens is 1. The minimum absolute atomic E-state index is 0.303. The van der Waals surface area contributed by atoms with Crippen LogP contribution >= 0.6 is 0 Å². The minimum atomic E-state index is -5.04. The molecule has 0 saturated carbocycles. The van der Waals surface area contributed by atoms with Crippen LogP contribution < -0.4 is 16.2 Å². The second-order valence-electron chi connectivity index (χ2n) is 2.92. The van der Waals surface area contributed by atoms with Crippen LogP contribution in [0.5, 0.6) is 5.75 Å². The van der Waals surface area contributed by atoms with Gasteiger partial charge in [0.1, 0.15) is 11.4 Å². The van der Waals surface area contributed by atoms with Crippen molar-refractivity contribution in [3.8, 4) is 5.75 Å². The number of pyridine rings is 1. The Kier molecular flexibility index (Phi) is 3.42. The summed E-state index contributed by atoms with van der Waals surface area (Å²) in [7, 11) is 0. The number of anilines is 1. The van der Waals surface area contributed by atoms with Crippen molar-refractivity contribution < 1.29 is 27.8 Å². The Morgan fingerprint density at radius 3 is 2.53 bits per heavy atom. The van der Waals surface area contributed by atoms with Crippen molar-refractivity contribution in [3.63, 3.8) is 0 Å². The summed E-state index contributed by atoms with van der Waals surface area (Å²) >= 11 is 0. The zero-order chi connectivity index (χ0) is 13.2. The van der Waals surface area contributed by atoms with Gasteiger partial charge in [0.25, 0.3) is 0 Å². The standard InChI is InChI=1S/C8H8F3N3O3/c9-8(10,11)17-5-3(1-12)6(13)14-2-4(5)7(15)16/h2H,1,12H2,(H2,13,14)(H,15,16). The Bertz CT molecular complexity index is 448. The largest absolute Gasteiger partial charge is 0.573 e. The summed E-state index contributed by atoms with van der Waals surface area (Å²) in [5, 5.41) is 8.70. The van der Waals surface area contributed by atoms with E-state index >= 15 is 0 Å². The number of aromatic carboxylic acids is 1. The van der Waals surface area contributed by atoms with E-state index in [1.165, 1.54) is 0 Å². The molecule has 94 valence electrons. The highest BCUT2D eigenvalue weighted by Gasteiger charge is 2.35. The first-order chi connectivity index (χ1) is 7.76. The van der Waals surface area contributed by atoms with Gasteiger partial charge in [-0.3, -0.25) is 0 Å². The summed E-state index contributed by atoms with van der Waals surface area (Å²) in [6.45, 7) is -0.425. The van der Waals surface area contributed by atoms with Gasteiger partial charge in [0.05, 0.1) is 5.56 Å². The molecule has 0 aliphatic rings. The number of nitrogens with two attached hydrogens (primary N) is 2. The van der Waals surface area contributed by atoms with Crippen LogP contribution in [-0.2, 0) is 6.54 Å². The van der Waals surface area contributed by atoms with Gasteiger partial charge in [-0.2, -0.15) is 0 Å². The summed E-state index contributed by atoms with van der Waals surface area (Å²) in [6, 6.07) is 0. The fourth-order valence-electron chi connectivity index (χ4n) is 1.13. The maximum atomic E-state index is 12.1. The number of carboxylic acids is 1. The average Bonchev–Trinajstić information content (AvgIpc) is 2.15. The first-order valence-electron chi connectivity index (χ1n) is 4.22. The normalized spacial score (nSPS) is 11.3. The molecule has 1 heterocycles. The molecule has 9 heteroatoms. The second-order valence-corrected chi connectivity index (χ2v) is 2.92. The number of carbonyl (C=O) groups is 1. The molecule has 0 unspecified atom stereocenters. The summed E-state index contributed by atoms with van der Waals surface area (Å²) in [4.78, 5) is 14.1. The van der Waals surface area contributed by atoms with Crippen molar-refractivity contribution in [3.05, 3.63) is 17.3 Å². The van der Waals surface area contributed by atoms with E-state index in [2.05, 4.69) is 9.72 Å². The number of rotatable bonds is 3. The molecule has 0 aliphatic heterocycles. The van der Waals surface area contributed by atoms with E-state index in [9.17, 15) is 18.0 Å². The molecule has 0 saturated heterocycles. The van der Waals surface area contributed by atoms with Gasteiger partial charge in [0.15, 0.2) is 5.75 Å². The van der Waals surface area contributed by atoms with Gasteiger partial charge in [-0.25, -0.2) is 9.78 Å². The van der Waals surface area contributed by atoms with E-state index < -0.39 is 30.2 Å². The van der Waals surface area contributed by atoms with Gasteiger partial charge in [0, 0.05) is 12.7 Å². The first-order valence-corrected chi connectivity index (χ1v) is 4.22. The van der Waals surface area contributed by atoms with E-state index in [1.807, 2.05) is 0 Å². The molecule has 0 amide bonds. The van der Waals surface area contributed by atoms with Crippen LogP contribution in [0.1, 0.15) is 15.9 Å². The Morgan fingerprint density at radius 2 is 2.12 bits per heavy atom. The average molecular weight is 251 g/mol. The molecule has 1 aromatic rings. The zero-order valence-corrected chi connectivity index (χ0v) is 8.28. The minimum Gasteiger partial charge on any atom is -0.477 e. The van der Waals surface area contributed by atoms with Crippen molar-refractivity contribution in [2.45, 2.75) is 12.9 Å². The summed E-state index contributed by atoms with van der Waals surface area (Å²) in [5.41, 5.74) is 9.41. The first kappa shape index (κ1) is 13.0. The lowest BCUT2D eigenvalue weighted by Crippen LogP contribution is -2.22. The van der Waals surface area contributed by atoms with Crippen LogP contribution in [0.3, 0.4) is 0 Å². The third-order valence-electron chi connectivity index (χ3n) is 1.81. The van der Waals surface area contributed by atoms with Crippen LogP contribution in [0.4, 0.5) is 19.0 Å². The summed E-state index contributed by atoms with van der Waals surface area (Å²) in [5.74, 6) is -2.86. The third kappa shape index (κ3) is 2.97. The van der Waals surface area contributed by atoms with Crippen molar-refractivity contribution >= 4 is 11.8 Å². The molecular formula is C8H8F3N3O3. The highest BCUT2D eigenvalue weighted by molar-refractivity contribution is 5.91. The topological polar surface area (TPSA) is 111 Å². The second kappa shape index (κ2) is 4.45. The summed E-state index contributed by atoms with van der Waals surface area (Å²) < 4.78 is 40.0. The number of carboxylic acid groups (broad SMARTS) is 1. The smallest absolute Gasteiger partial charge is 0.477 e. The van der Waals surface area contributed by atoms with Crippen LogP contribution in [-0.4, -0.2) is 22.4 Å². The van der Waals surface area contributed by atoms with Crippen LogP contribution in [0.25, 0.3) is 0 Å². The van der Waals surface area contributed by atoms with Gasteiger partial charge in [0.2, 0.25) is 0 Å². The molecule has 0 aliphatic carbocycles. The van der Waals surface area contributed by atoms with Crippen LogP contribution in [0.2, 0.25) is 0 Å². The molecule has 0 bridgehead atoms. The number of ether oxygens (including phenoxy) is 1. The lowest BCUT2D eigenvalue weighted by molar-refractivity contribution is -0.275. The van der Waals surface area contributed by atoms with Crippen molar-refractivity contribution in [1.29, 1.82) is 0 Å². The van der Waals surface area contributed by atoms with E-state index in [1.54, 1.807) is 0 Å². The highest BCUT2D eigenvalue weighted by Crippen LogP contribution is 2.32. The molecule has 0 radical (unpaired) electrons. The highest BCUT2D eigenvalue weighted by atomic mass is 19.4. The van der Waals surface area contributed by atoms with Crippen molar-refractivity contribution in [1.82, 2.24) is 4.98 Å². The Labute approximate surface area is 93.0 Å². The van der Waals surface area contributed by atoms with E-state index in [0.717, 1.165) is 0 Å². The lowest BCUT2D eigenvalue weighted by atomic mass is 10.1. The maximum absolute atomic E-state index is 12.1. The Hall–Kier alpha value is -2.03. The number of hydrogen-bond acceptors (Lipinski definition) is 5. The quantitative estimate of drug-likeness (QED) is 0.729. The van der Waals surface area contributed by atoms with Gasteiger partial charge >= 0.3 is 12.3 Å². The van der Waals surface area contributed by atoms with Gasteiger partial charge < -0.3 is 21.3 Å². The molecule has 6 nitrogen and oxygen atoms in total. The fraction of sp³-hybridized carbons (Fsp3) is 0.250. The predicted molar refractivity (Wildman–Crippen MR) is 50.2 cm³/mol. The number of alkyl halides is 3. The number of nitrogens with zero attached hydrogens (tertiary/aromatic N) is 1. The molecular weight excluding hydrogens is 243 g/mol.